The van der Waals surface area contributed by atoms with Crippen LogP contribution in [0.2, 0.25) is 0 Å². The van der Waals surface area contributed by atoms with Crippen molar-refractivity contribution in [3.63, 3.8) is 0 Å². The fraction of sp³-hybridized carbons (Fsp3) is 0.500. The van der Waals surface area contributed by atoms with Gasteiger partial charge in [-0.2, -0.15) is 4.98 Å². The standard InChI is InChI=1S/C18H23N3O3/c1-4-17(22)21-8-7-13(11-21)18-19-16(20-24-18)10-14-9-12(2)5-6-15(14)23-3/h5-6,9,13H,4,7-8,10-11H2,1-3H3/t13-/m0/s1. The zero-order valence-corrected chi connectivity index (χ0v) is 14.4. The molecular weight excluding hydrogens is 306 g/mol. The molecule has 2 aromatic rings. The van der Waals surface area contributed by atoms with E-state index in [1.54, 1.807) is 7.11 Å². The highest BCUT2D eigenvalue weighted by Crippen LogP contribution is 2.27. The van der Waals surface area contributed by atoms with Crippen molar-refractivity contribution in [2.24, 2.45) is 0 Å². The molecule has 2 heterocycles. The van der Waals surface area contributed by atoms with Crippen molar-refractivity contribution in [3.05, 3.63) is 41.0 Å². The van der Waals surface area contributed by atoms with Crippen LogP contribution in [-0.2, 0) is 11.2 Å². The first kappa shape index (κ1) is 16.5. The molecule has 1 fully saturated rings. The van der Waals surface area contributed by atoms with Crippen molar-refractivity contribution in [3.8, 4) is 5.75 Å². The maximum absolute atomic E-state index is 11.8. The number of hydrogen-bond acceptors (Lipinski definition) is 5. The molecule has 1 atom stereocenters. The number of likely N-dealkylation sites (tertiary alicyclic amines) is 1. The number of benzene rings is 1. The van der Waals surface area contributed by atoms with Crippen LogP contribution in [-0.4, -0.2) is 41.1 Å². The van der Waals surface area contributed by atoms with Crippen LogP contribution in [0.1, 0.15) is 48.5 Å². The van der Waals surface area contributed by atoms with Gasteiger partial charge in [-0.25, -0.2) is 0 Å². The lowest BCUT2D eigenvalue weighted by Gasteiger charge is -2.13. The first-order valence-corrected chi connectivity index (χ1v) is 8.34. The molecule has 0 spiro atoms. The second-order valence-electron chi connectivity index (χ2n) is 6.22. The van der Waals surface area contributed by atoms with Crippen molar-refractivity contribution in [1.82, 2.24) is 15.0 Å². The van der Waals surface area contributed by atoms with E-state index in [-0.39, 0.29) is 11.8 Å². The fourth-order valence-corrected chi connectivity index (χ4v) is 3.13. The first-order chi connectivity index (χ1) is 11.6. The Kier molecular flexibility index (Phi) is 4.83. The van der Waals surface area contributed by atoms with Gasteiger partial charge < -0.3 is 14.2 Å². The Morgan fingerprint density at radius 1 is 1.46 bits per heavy atom. The lowest BCUT2D eigenvalue weighted by Crippen LogP contribution is -2.27. The smallest absolute Gasteiger partial charge is 0.231 e. The topological polar surface area (TPSA) is 68.5 Å². The highest BCUT2D eigenvalue weighted by atomic mass is 16.5. The second-order valence-corrected chi connectivity index (χ2v) is 6.22. The van der Waals surface area contributed by atoms with Crippen molar-refractivity contribution >= 4 is 5.91 Å². The van der Waals surface area contributed by atoms with Gasteiger partial charge in [0, 0.05) is 31.5 Å². The summed E-state index contributed by atoms with van der Waals surface area (Å²) in [7, 11) is 1.66. The number of ether oxygens (including phenoxy) is 1. The van der Waals surface area contributed by atoms with E-state index in [0.717, 1.165) is 24.3 Å². The summed E-state index contributed by atoms with van der Waals surface area (Å²) in [4.78, 5) is 18.2. The van der Waals surface area contributed by atoms with Crippen LogP contribution in [0, 0.1) is 6.92 Å². The minimum atomic E-state index is 0.140. The Labute approximate surface area is 141 Å². The molecule has 6 heteroatoms. The minimum Gasteiger partial charge on any atom is -0.496 e. The third kappa shape index (κ3) is 3.42. The number of methoxy groups -OCH3 is 1. The molecule has 3 rings (SSSR count). The lowest BCUT2D eigenvalue weighted by molar-refractivity contribution is -0.129. The summed E-state index contributed by atoms with van der Waals surface area (Å²) in [5, 5.41) is 4.11. The highest BCUT2D eigenvalue weighted by molar-refractivity contribution is 5.76. The molecule has 6 nitrogen and oxygen atoms in total. The fourth-order valence-electron chi connectivity index (χ4n) is 3.13. The molecule has 0 saturated carbocycles. The van der Waals surface area contributed by atoms with E-state index in [1.807, 2.05) is 30.9 Å². The number of carbonyl (C=O) groups is 1. The van der Waals surface area contributed by atoms with Gasteiger partial charge in [-0.15, -0.1) is 0 Å². The van der Waals surface area contributed by atoms with Crippen LogP contribution in [0.5, 0.6) is 5.75 Å². The van der Waals surface area contributed by atoms with Crippen LogP contribution in [0.3, 0.4) is 0 Å². The van der Waals surface area contributed by atoms with Crippen molar-refractivity contribution in [2.45, 2.75) is 39.0 Å². The third-order valence-corrected chi connectivity index (χ3v) is 4.46. The van der Waals surface area contributed by atoms with Gasteiger partial charge in [0.2, 0.25) is 11.8 Å². The summed E-state index contributed by atoms with van der Waals surface area (Å²) >= 11 is 0. The highest BCUT2D eigenvalue weighted by Gasteiger charge is 2.30. The molecule has 0 unspecified atom stereocenters. The quantitative estimate of drug-likeness (QED) is 0.843. The van der Waals surface area contributed by atoms with Gasteiger partial charge in [0.25, 0.3) is 0 Å². The average molecular weight is 329 g/mol. The first-order valence-electron chi connectivity index (χ1n) is 8.34. The van der Waals surface area contributed by atoms with E-state index in [2.05, 4.69) is 16.2 Å². The molecule has 1 saturated heterocycles. The van der Waals surface area contributed by atoms with Crippen LogP contribution >= 0.6 is 0 Å². The second kappa shape index (κ2) is 7.03. The monoisotopic (exact) mass is 329 g/mol. The summed E-state index contributed by atoms with van der Waals surface area (Å²) in [6.45, 7) is 5.36. The normalized spacial score (nSPS) is 17.3. The van der Waals surface area contributed by atoms with Gasteiger partial charge in [0.05, 0.1) is 13.0 Å². The Morgan fingerprint density at radius 2 is 2.29 bits per heavy atom. The van der Waals surface area contributed by atoms with Gasteiger partial charge in [-0.1, -0.05) is 29.8 Å². The molecular formula is C18H23N3O3. The molecule has 0 radical (unpaired) electrons. The molecule has 24 heavy (non-hydrogen) atoms. The maximum atomic E-state index is 11.8. The molecule has 1 aliphatic rings. The van der Waals surface area contributed by atoms with Gasteiger partial charge in [0.15, 0.2) is 5.82 Å². The molecule has 0 bridgehead atoms. The summed E-state index contributed by atoms with van der Waals surface area (Å²) in [6.07, 6.45) is 1.98. The summed E-state index contributed by atoms with van der Waals surface area (Å²) < 4.78 is 10.8. The molecule has 1 aromatic heterocycles. The molecule has 1 amide bonds. The van der Waals surface area contributed by atoms with Crippen LogP contribution in [0.15, 0.2) is 22.7 Å². The predicted octanol–water partition coefficient (Wildman–Crippen LogP) is 2.70. The zero-order chi connectivity index (χ0) is 17.1. The minimum absolute atomic E-state index is 0.140. The number of aromatic nitrogens is 2. The molecule has 128 valence electrons. The number of nitrogens with zero attached hydrogens (tertiary/aromatic N) is 3. The van der Waals surface area contributed by atoms with E-state index < -0.39 is 0 Å². The zero-order valence-electron chi connectivity index (χ0n) is 14.4. The average Bonchev–Trinajstić information content (AvgIpc) is 3.23. The van der Waals surface area contributed by atoms with Gasteiger partial charge in [-0.3, -0.25) is 4.79 Å². The largest absolute Gasteiger partial charge is 0.496 e. The Bertz CT molecular complexity index is 726. The van der Waals surface area contributed by atoms with Crippen LogP contribution < -0.4 is 4.74 Å². The van der Waals surface area contributed by atoms with Gasteiger partial charge in [-0.05, 0) is 19.4 Å². The Hall–Kier alpha value is -2.37. The summed E-state index contributed by atoms with van der Waals surface area (Å²) in [5.41, 5.74) is 2.21. The molecule has 1 aromatic carbocycles. The predicted molar refractivity (Wildman–Crippen MR) is 89.1 cm³/mol. The summed E-state index contributed by atoms with van der Waals surface area (Å²) in [6, 6.07) is 6.05. The van der Waals surface area contributed by atoms with E-state index >= 15 is 0 Å². The molecule has 0 aliphatic carbocycles. The van der Waals surface area contributed by atoms with Crippen LogP contribution in [0.4, 0.5) is 0 Å². The van der Waals surface area contributed by atoms with Crippen molar-refractivity contribution in [1.29, 1.82) is 0 Å². The van der Waals surface area contributed by atoms with Gasteiger partial charge >= 0.3 is 0 Å². The van der Waals surface area contributed by atoms with E-state index in [4.69, 9.17) is 9.26 Å². The number of hydrogen-bond donors (Lipinski definition) is 0. The Balaban J connectivity index is 1.71. The SMILES string of the molecule is CCC(=O)N1CC[C@H](c2nc(Cc3cc(C)ccc3OC)no2)C1. The Morgan fingerprint density at radius 3 is 3.04 bits per heavy atom. The lowest BCUT2D eigenvalue weighted by atomic mass is 10.1. The molecule has 1 aliphatic heterocycles. The van der Waals surface area contributed by atoms with E-state index in [9.17, 15) is 4.79 Å². The summed E-state index contributed by atoms with van der Waals surface area (Å²) in [5.74, 6) is 2.42. The van der Waals surface area contributed by atoms with E-state index in [0.29, 0.717) is 31.1 Å². The van der Waals surface area contributed by atoms with Crippen LogP contribution in [0.25, 0.3) is 0 Å². The van der Waals surface area contributed by atoms with Crippen molar-refractivity contribution < 1.29 is 14.1 Å². The number of carbonyl (C=O) groups excluding carboxylic acids is 1. The maximum Gasteiger partial charge on any atom is 0.231 e. The number of aryl methyl sites for hydroxylation is 1. The van der Waals surface area contributed by atoms with Gasteiger partial charge in [0.1, 0.15) is 5.75 Å². The number of amides is 1. The molecule has 0 N–H and O–H groups in total. The number of rotatable bonds is 5. The third-order valence-electron chi connectivity index (χ3n) is 4.46. The van der Waals surface area contributed by atoms with E-state index in [1.165, 1.54) is 5.56 Å². The van der Waals surface area contributed by atoms with Crippen molar-refractivity contribution in [2.75, 3.05) is 20.2 Å².